The van der Waals surface area contributed by atoms with E-state index in [4.69, 9.17) is 11.6 Å². The number of alkyl halides is 3. The van der Waals surface area contributed by atoms with Gasteiger partial charge in [-0.2, -0.15) is 13.2 Å². The Morgan fingerprint density at radius 2 is 1.76 bits per heavy atom. The van der Waals surface area contributed by atoms with Gasteiger partial charge >= 0.3 is 17.6 Å². The van der Waals surface area contributed by atoms with Crippen LogP contribution in [0.4, 0.5) is 30.2 Å². The zero-order valence-corrected chi connectivity index (χ0v) is 11.3. The lowest BCUT2D eigenvalue weighted by Crippen LogP contribution is -2.22. The first-order chi connectivity index (χ1) is 9.46. The summed E-state index contributed by atoms with van der Waals surface area (Å²) in [4.78, 5) is 19.5. The molecule has 1 aromatic carbocycles. The minimum Gasteiger partial charge on any atom is -0.308 e. The molecule has 0 saturated heterocycles. The molecule has 0 bridgehead atoms. The number of benzene rings is 1. The van der Waals surface area contributed by atoms with Crippen molar-refractivity contribution in [2.75, 3.05) is 19.5 Å². The van der Waals surface area contributed by atoms with Gasteiger partial charge in [-0.1, -0.05) is 11.6 Å². The Balaban J connectivity index is 3.81. The van der Waals surface area contributed by atoms with Gasteiger partial charge in [-0.15, -0.1) is 0 Å². The lowest BCUT2D eigenvalue weighted by molar-refractivity contribution is -0.392. The van der Waals surface area contributed by atoms with E-state index < -0.39 is 43.7 Å². The van der Waals surface area contributed by atoms with Gasteiger partial charge in [0.1, 0.15) is 5.02 Å². The van der Waals surface area contributed by atoms with Crippen LogP contribution < -0.4 is 5.43 Å². The van der Waals surface area contributed by atoms with E-state index in [2.05, 4.69) is 5.43 Å². The van der Waals surface area contributed by atoms with Gasteiger partial charge in [-0.05, 0) is 0 Å². The van der Waals surface area contributed by atoms with Crippen molar-refractivity contribution >= 4 is 28.7 Å². The van der Waals surface area contributed by atoms with Gasteiger partial charge < -0.3 is 5.43 Å². The van der Waals surface area contributed by atoms with Gasteiger partial charge in [0.2, 0.25) is 5.69 Å². The fourth-order valence-electron chi connectivity index (χ4n) is 1.49. The second-order valence-corrected chi connectivity index (χ2v) is 4.38. The van der Waals surface area contributed by atoms with Gasteiger partial charge in [-0.3, -0.25) is 20.2 Å². The van der Waals surface area contributed by atoms with Crippen molar-refractivity contribution in [3.8, 4) is 0 Å². The van der Waals surface area contributed by atoms with Crippen LogP contribution >= 0.6 is 11.6 Å². The Morgan fingerprint density at radius 1 is 1.24 bits per heavy atom. The van der Waals surface area contributed by atoms with Gasteiger partial charge in [0.25, 0.3) is 0 Å². The van der Waals surface area contributed by atoms with Crippen molar-refractivity contribution in [3.63, 3.8) is 0 Å². The highest BCUT2D eigenvalue weighted by Gasteiger charge is 2.42. The van der Waals surface area contributed by atoms with E-state index in [1.165, 1.54) is 14.1 Å². The Morgan fingerprint density at radius 3 is 2.10 bits per heavy atom. The zero-order valence-electron chi connectivity index (χ0n) is 10.6. The molecule has 12 heteroatoms. The van der Waals surface area contributed by atoms with Gasteiger partial charge in [-0.25, -0.2) is 5.01 Å². The summed E-state index contributed by atoms with van der Waals surface area (Å²) in [6.45, 7) is 0. The summed E-state index contributed by atoms with van der Waals surface area (Å²) in [6, 6.07) is 0.154. The summed E-state index contributed by atoms with van der Waals surface area (Å²) < 4.78 is 38.3. The predicted molar refractivity (Wildman–Crippen MR) is 67.1 cm³/mol. The third-order valence-electron chi connectivity index (χ3n) is 2.24. The molecule has 1 rings (SSSR count). The summed E-state index contributed by atoms with van der Waals surface area (Å²) in [5, 5.41) is 21.7. The second-order valence-electron chi connectivity index (χ2n) is 4.00. The Kier molecular flexibility index (Phi) is 4.59. The standard InChI is InChI=1S/C9H8ClF3N4O4/c1-15(2)14-7-5(16(18)19)3-4(9(11,12)13)6(10)8(7)17(20)21/h3,14H,1-2H3. The molecule has 0 fully saturated rings. The van der Waals surface area contributed by atoms with E-state index in [1.54, 1.807) is 0 Å². The molecule has 1 N–H and O–H groups in total. The average Bonchev–Trinajstić information content (AvgIpc) is 2.25. The lowest BCUT2D eigenvalue weighted by Gasteiger charge is -2.16. The maximum Gasteiger partial charge on any atom is 0.418 e. The van der Waals surface area contributed by atoms with Crippen LogP contribution in [0.1, 0.15) is 5.56 Å². The van der Waals surface area contributed by atoms with E-state index in [9.17, 15) is 33.4 Å². The van der Waals surface area contributed by atoms with Crippen molar-refractivity contribution in [1.82, 2.24) is 5.01 Å². The highest BCUT2D eigenvalue weighted by molar-refractivity contribution is 6.34. The third kappa shape index (κ3) is 3.49. The second kappa shape index (κ2) is 5.69. The summed E-state index contributed by atoms with van der Waals surface area (Å²) >= 11 is 5.41. The molecule has 0 heterocycles. The first kappa shape index (κ1) is 16.9. The molecule has 21 heavy (non-hydrogen) atoms. The molecule has 0 aliphatic carbocycles. The van der Waals surface area contributed by atoms with Gasteiger partial charge in [0.05, 0.1) is 15.4 Å². The number of hydrazine groups is 1. The van der Waals surface area contributed by atoms with Crippen LogP contribution in [-0.4, -0.2) is 29.0 Å². The topological polar surface area (TPSA) is 102 Å². The number of hydrogen-bond donors (Lipinski definition) is 1. The molecule has 0 radical (unpaired) electrons. The highest BCUT2D eigenvalue weighted by atomic mass is 35.5. The molecule has 0 atom stereocenters. The number of hydrogen-bond acceptors (Lipinski definition) is 6. The smallest absolute Gasteiger partial charge is 0.308 e. The van der Waals surface area contributed by atoms with Crippen molar-refractivity contribution in [2.24, 2.45) is 0 Å². The molecule has 0 spiro atoms. The summed E-state index contributed by atoms with van der Waals surface area (Å²) in [5.41, 5.74) is -2.47. The number of nitrogens with one attached hydrogen (secondary N) is 1. The van der Waals surface area contributed by atoms with E-state index in [-0.39, 0.29) is 6.07 Å². The van der Waals surface area contributed by atoms with Crippen molar-refractivity contribution < 1.29 is 23.0 Å². The van der Waals surface area contributed by atoms with Crippen LogP contribution in [0.15, 0.2) is 6.07 Å². The fraction of sp³-hybridized carbons (Fsp3) is 0.333. The SMILES string of the molecule is CN(C)Nc1c([N+](=O)[O-])cc(C(F)(F)F)c(Cl)c1[N+](=O)[O-]. The minimum absolute atomic E-state index is 0.154. The number of nitrogens with zero attached hydrogens (tertiary/aromatic N) is 3. The molecule has 0 aliphatic heterocycles. The molecule has 0 amide bonds. The molecular formula is C9H8ClF3N4O4. The predicted octanol–water partition coefficient (Wildman–Crippen LogP) is 3.06. The molecular weight excluding hydrogens is 321 g/mol. The Labute approximate surface area is 120 Å². The number of nitro groups is 2. The molecule has 0 unspecified atom stereocenters. The van der Waals surface area contributed by atoms with Crippen molar-refractivity contribution in [1.29, 1.82) is 0 Å². The van der Waals surface area contributed by atoms with Crippen LogP contribution in [0.25, 0.3) is 0 Å². The largest absolute Gasteiger partial charge is 0.418 e. The lowest BCUT2D eigenvalue weighted by atomic mass is 10.1. The molecule has 1 aromatic rings. The monoisotopic (exact) mass is 328 g/mol. The number of nitro benzene ring substituents is 2. The van der Waals surface area contributed by atoms with Crippen LogP contribution in [0, 0.1) is 20.2 Å². The number of halogens is 4. The molecule has 0 aromatic heterocycles. The molecule has 0 saturated carbocycles. The highest BCUT2D eigenvalue weighted by Crippen LogP contribution is 2.47. The molecule has 8 nitrogen and oxygen atoms in total. The number of anilines is 1. The maximum atomic E-state index is 12.8. The van der Waals surface area contributed by atoms with Gasteiger partial charge in [0, 0.05) is 20.2 Å². The van der Waals surface area contributed by atoms with Crippen LogP contribution in [0.3, 0.4) is 0 Å². The minimum atomic E-state index is -5.07. The maximum absolute atomic E-state index is 12.8. The van der Waals surface area contributed by atoms with Crippen LogP contribution in [0.5, 0.6) is 0 Å². The Bertz CT molecular complexity index is 606. The third-order valence-corrected chi connectivity index (χ3v) is 2.62. The van der Waals surface area contributed by atoms with Crippen molar-refractivity contribution in [2.45, 2.75) is 6.18 Å². The van der Waals surface area contributed by atoms with Gasteiger partial charge in [0.15, 0.2) is 0 Å². The summed E-state index contributed by atoms with van der Waals surface area (Å²) in [7, 11) is 2.69. The van der Waals surface area contributed by atoms with E-state index in [1.807, 2.05) is 0 Å². The zero-order chi connectivity index (χ0) is 16.5. The van der Waals surface area contributed by atoms with E-state index in [0.29, 0.717) is 0 Å². The van der Waals surface area contributed by atoms with Crippen LogP contribution in [0.2, 0.25) is 5.02 Å². The van der Waals surface area contributed by atoms with E-state index in [0.717, 1.165) is 5.01 Å². The summed E-state index contributed by atoms with van der Waals surface area (Å²) in [6.07, 6.45) is -5.07. The van der Waals surface area contributed by atoms with Crippen LogP contribution in [-0.2, 0) is 6.18 Å². The first-order valence-corrected chi connectivity index (χ1v) is 5.51. The Hall–Kier alpha value is -2.14. The molecule has 116 valence electrons. The average molecular weight is 329 g/mol. The first-order valence-electron chi connectivity index (χ1n) is 5.13. The number of rotatable bonds is 4. The quantitative estimate of drug-likeness (QED) is 0.673. The van der Waals surface area contributed by atoms with E-state index >= 15 is 0 Å². The normalized spacial score (nSPS) is 11.6. The molecule has 0 aliphatic rings. The summed E-state index contributed by atoms with van der Waals surface area (Å²) in [5.74, 6) is 0. The fourth-order valence-corrected chi connectivity index (χ4v) is 1.81. The van der Waals surface area contributed by atoms with Crippen molar-refractivity contribution in [3.05, 3.63) is 36.9 Å².